The summed E-state index contributed by atoms with van der Waals surface area (Å²) in [5.41, 5.74) is 4.65. The van der Waals surface area contributed by atoms with Crippen LogP contribution in [0.25, 0.3) is 0 Å². The first kappa shape index (κ1) is 8.36. The lowest BCUT2D eigenvalue weighted by atomic mass is 10.0. The van der Waals surface area contributed by atoms with Crippen LogP contribution in [0.1, 0.15) is 39.0 Å². The van der Waals surface area contributed by atoms with Gasteiger partial charge in [0.2, 0.25) is 0 Å². The smallest absolute Gasteiger partial charge is 0.00592 e. The molecule has 1 rings (SSSR count). The average Bonchev–Trinajstić information content (AvgIpc) is 2.07. The Labute approximate surface area is 69.3 Å². The standard InChI is InChI=1S/C11H16/c1-2-3-5-8-11-9-6-4-7-10-11/h6-7,9H,2-3,5,8,10H2,1H3. The molecule has 0 aromatic rings. The molecule has 0 amide bonds. The van der Waals surface area contributed by atoms with Crippen LogP contribution >= 0.6 is 0 Å². The summed E-state index contributed by atoms with van der Waals surface area (Å²) in [5.74, 6) is 0. The topological polar surface area (TPSA) is 0 Å². The largest absolute Gasteiger partial charge is 0.125 e. The summed E-state index contributed by atoms with van der Waals surface area (Å²) in [4.78, 5) is 0. The second-order valence-electron chi connectivity index (χ2n) is 3.02. The molecule has 0 saturated heterocycles. The van der Waals surface area contributed by atoms with Gasteiger partial charge in [0.1, 0.15) is 0 Å². The van der Waals surface area contributed by atoms with Crippen LogP contribution in [0.3, 0.4) is 0 Å². The van der Waals surface area contributed by atoms with E-state index in [1.54, 1.807) is 5.57 Å². The maximum Gasteiger partial charge on any atom is -0.00592 e. The average molecular weight is 148 g/mol. The fourth-order valence-electron chi connectivity index (χ4n) is 1.28. The molecule has 0 atom stereocenters. The summed E-state index contributed by atoms with van der Waals surface area (Å²) in [6, 6.07) is 0. The zero-order valence-corrected chi connectivity index (χ0v) is 7.27. The maximum absolute atomic E-state index is 3.08. The second-order valence-corrected chi connectivity index (χ2v) is 3.02. The van der Waals surface area contributed by atoms with Gasteiger partial charge in [-0.3, -0.25) is 0 Å². The van der Waals surface area contributed by atoms with Crippen LogP contribution in [0.4, 0.5) is 0 Å². The van der Waals surface area contributed by atoms with Crippen molar-refractivity contribution in [2.45, 2.75) is 39.0 Å². The molecule has 0 aromatic heterocycles. The molecule has 0 radical (unpaired) electrons. The Morgan fingerprint density at radius 3 is 3.00 bits per heavy atom. The van der Waals surface area contributed by atoms with E-state index in [4.69, 9.17) is 0 Å². The number of hydrogen-bond donors (Lipinski definition) is 0. The number of unbranched alkanes of at least 4 members (excludes halogenated alkanes) is 2. The second kappa shape index (κ2) is 4.98. The van der Waals surface area contributed by atoms with Gasteiger partial charge in [0.15, 0.2) is 0 Å². The molecule has 0 nitrogen and oxygen atoms in total. The van der Waals surface area contributed by atoms with Gasteiger partial charge in [0.05, 0.1) is 0 Å². The Morgan fingerprint density at radius 2 is 2.36 bits per heavy atom. The minimum atomic E-state index is 1.13. The van der Waals surface area contributed by atoms with Gasteiger partial charge < -0.3 is 0 Å². The van der Waals surface area contributed by atoms with Crippen molar-refractivity contribution in [3.8, 4) is 0 Å². The van der Waals surface area contributed by atoms with E-state index in [0.717, 1.165) is 6.42 Å². The first-order valence-electron chi connectivity index (χ1n) is 4.52. The van der Waals surface area contributed by atoms with Crippen molar-refractivity contribution < 1.29 is 0 Å². The highest BCUT2D eigenvalue weighted by Gasteiger charge is 1.95. The van der Waals surface area contributed by atoms with Gasteiger partial charge >= 0.3 is 0 Å². The molecule has 0 aliphatic heterocycles. The number of allylic oxidation sites excluding steroid dienone is 3. The van der Waals surface area contributed by atoms with E-state index in [1.165, 1.54) is 25.7 Å². The Hall–Kier alpha value is -0.740. The van der Waals surface area contributed by atoms with Gasteiger partial charge in [-0.2, -0.15) is 0 Å². The van der Waals surface area contributed by atoms with Gasteiger partial charge in [0, 0.05) is 0 Å². The van der Waals surface area contributed by atoms with Gasteiger partial charge in [-0.05, 0) is 31.4 Å². The van der Waals surface area contributed by atoms with E-state index in [1.807, 2.05) is 6.08 Å². The van der Waals surface area contributed by atoms with Crippen LogP contribution in [0.5, 0.6) is 0 Å². The fraction of sp³-hybridized carbons (Fsp3) is 0.545. The van der Waals surface area contributed by atoms with Gasteiger partial charge in [-0.15, -0.1) is 5.73 Å². The Bertz CT molecular complexity index is 190. The van der Waals surface area contributed by atoms with Crippen molar-refractivity contribution in [2.24, 2.45) is 0 Å². The highest BCUT2D eigenvalue weighted by molar-refractivity contribution is 5.19. The Balaban J connectivity index is 2.18. The predicted octanol–water partition coefficient (Wildman–Crippen LogP) is 3.61. The zero-order chi connectivity index (χ0) is 7.94. The predicted molar refractivity (Wildman–Crippen MR) is 49.5 cm³/mol. The normalized spacial score (nSPS) is 15.2. The third-order valence-corrected chi connectivity index (χ3v) is 2.00. The van der Waals surface area contributed by atoms with E-state index in [0.29, 0.717) is 0 Å². The highest BCUT2D eigenvalue weighted by atomic mass is 14.0. The zero-order valence-electron chi connectivity index (χ0n) is 7.27. The molecule has 1 aliphatic rings. The number of hydrogen-bond acceptors (Lipinski definition) is 0. The molecule has 60 valence electrons. The molecule has 0 heteroatoms. The van der Waals surface area contributed by atoms with Gasteiger partial charge in [0.25, 0.3) is 0 Å². The molecule has 0 bridgehead atoms. The maximum atomic E-state index is 3.08. The van der Waals surface area contributed by atoms with Crippen molar-refractivity contribution in [1.29, 1.82) is 0 Å². The molecule has 0 aromatic carbocycles. The lowest BCUT2D eigenvalue weighted by Crippen LogP contribution is -1.84. The van der Waals surface area contributed by atoms with Crippen molar-refractivity contribution in [2.75, 3.05) is 0 Å². The van der Waals surface area contributed by atoms with Gasteiger partial charge in [-0.1, -0.05) is 31.4 Å². The Morgan fingerprint density at radius 1 is 1.45 bits per heavy atom. The summed E-state index contributed by atoms with van der Waals surface area (Å²) in [5, 5.41) is 0. The molecular weight excluding hydrogens is 132 g/mol. The summed E-state index contributed by atoms with van der Waals surface area (Å²) in [6.07, 6.45) is 12.8. The van der Waals surface area contributed by atoms with Crippen molar-refractivity contribution >= 4 is 0 Å². The molecule has 0 N–H and O–H groups in total. The monoisotopic (exact) mass is 148 g/mol. The van der Waals surface area contributed by atoms with E-state index < -0.39 is 0 Å². The molecule has 0 spiro atoms. The summed E-state index contributed by atoms with van der Waals surface area (Å²) < 4.78 is 0. The number of rotatable bonds is 4. The van der Waals surface area contributed by atoms with E-state index in [2.05, 4.69) is 24.8 Å². The highest BCUT2D eigenvalue weighted by Crippen LogP contribution is 2.14. The van der Waals surface area contributed by atoms with E-state index >= 15 is 0 Å². The third-order valence-electron chi connectivity index (χ3n) is 2.00. The van der Waals surface area contributed by atoms with Crippen molar-refractivity contribution in [3.63, 3.8) is 0 Å². The van der Waals surface area contributed by atoms with E-state index in [9.17, 15) is 0 Å². The molecule has 11 heavy (non-hydrogen) atoms. The lowest BCUT2D eigenvalue weighted by Gasteiger charge is -2.03. The fourth-order valence-corrected chi connectivity index (χ4v) is 1.28. The van der Waals surface area contributed by atoms with Crippen molar-refractivity contribution in [3.05, 3.63) is 29.5 Å². The lowest BCUT2D eigenvalue weighted by molar-refractivity contribution is 0.706. The van der Waals surface area contributed by atoms with Gasteiger partial charge in [-0.25, -0.2) is 0 Å². The molecule has 0 saturated carbocycles. The quantitative estimate of drug-likeness (QED) is 0.422. The SMILES string of the molecule is CCCCCC1=CC=C=CC1. The molecule has 0 unspecified atom stereocenters. The Kier molecular flexibility index (Phi) is 3.79. The first-order chi connectivity index (χ1) is 5.43. The summed E-state index contributed by atoms with van der Waals surface area (Å²) >= 11 is 0. The van der Waals surface area contributed by atoms with E-state index in [-0.39, 0.29) is 0 Å². The minimum absolute atomic E-state index is 1.13. The minimum Gasteiger partial charge on any atom is -0.125 e. The molecule has 1 aliphatic carbocycles. The van der Waals surface area contributed by atoms with Crippen LogP contribution in [-0.2, 0) is 0 Å². The van der Waals surface area contributed by atoms with Crippen LogP contribution in [0.2, 0.25) is 0 Å². The summed E-state index contributed by atoms with van der Waals surface area (Å²) in [7, 11) is 0. The summed E-state index contributed by atoms with van der Waals surface area (Å²) in [6.45, 7) is 2.25. The molecular formula is C11H16. The van der Waals surface area contributed by atoms with Crippen LogP contribution in [0.15, 0.2) is 29.5 Å². The van der Waals surface area contributed by atoms with Crippen LogP contribution in [-0.4, -0.2) is 0 Å². The molecule has 0 heterocycles. The van der Waals surface area contributed by atoms with Crippen molar-refractivity contribution in [1.82, 2.24) is 0 Å². The first-order valence-corrected chi connectivity index (χ1v) is 4.52. The van der Waals surface area contributed by atoms with Crippen LogP contribution in [0, 0.1) is 0 Å². The van der Waals surface area contributed by atoms with Crippen LogP contribution < -0.4 is 0 Å². The third kappa shape index (κ3) is 3.25. The molecule has 0 fully saturated rings.